The van der Waals surface area contributed by atoms with E-state index < -0.39 is 35.9 Å². The minimum absolute atomic E-state index is 0.0952. The molecule has 2 atom stereocenters. The zero-order chi connectivity index (χ0) is 28.8. The number of benzene rings is 3. The highest BCUT2D eigenvalue weighted by molar-refractivity contribution is 6.30. The lowest BCUT2D eigenvalue weighted by atomic mass is 10.00. The Bertz CT molecular complexity index is 1570. The number of hydrogen-bond acceptors (Lipinski definition) is 5. The van der Waals surface area contributed by atoms with Crippen molar-refractivity contribution in [1.82, 2.24) is 15.2 Å². The summed E-state index contributed by atoms with van der Waals surface area (Å²) in [5, 5.41) is 6.08. The normalized spacial score (nSPS) is 16.2. The van der Waals surface area contributed by atoms with Crippen LogP contribution in [0.1, 0.15) is 33.3 Å². The summed E-state index contributed by atoms with van der Waals surface area (Å²) in [4.78, 5) is 45.0. The Morgan fingerprint density at radius 2 is 1.78 bits per heavy atom. The van der Waals surface area contributed by atoms with Crippen molar-refractivity contribution < 1.29 is 23.5 Å². The molecule has 0 saturated carbocycles. The third kappa shape index (κ3) is 6.70. The predicted molar refractivity (Wildman–Crippen MR) is 152 cm³/mol. The van der Waals surface area contributed by atoms with Gasteiger partial charge in [-0.05, 0) is 59.7 Å². The summed E-state index contributed by atoms with van der Waals surface area (Å²) in [5.41, 5.74) is 2.28. The maximum absolute atomic E-state index is 14.1. The van der Waals surface area contributed by atoms with Gasteiger partial charge in [-0.25, -0.2) is 9.18 Å². The number of pyridine rings is 1. The first kappa shape index (κ1) is 27.8. The summed E-state index contributed by atoms with van der Waals surface area (Å²) < 4.78 is 19.9. The average Bonchev–Trinajstić information content (AvgIpc) is 3.29. The topological polar surface area (TPSA) is 101 Å². The average molecular weight is 573 g/mol. The van der Waals surface area contributed by atoms with Gasteiger partial charge in [-0.3, -0.25) is 19.5 Å². The molecule has 208 valence electrons. The Hall–Kier alpha value is -4.76. The Morgan fingerprint density at radius 1 is 0.976 bits per heavy atom. The fraction of sp³-hybridized carbons (Fsp3) is 0.161. The van der Waals surface area contributed by atoms with Crippen LogP contribution in [0.2, 0.25) is 5.02 Å². The van der Waals surface area contributed by atoms with E-state index in [0.29, 0.717) is 29.2 Å². The maximum Gasteiger partial charge on any atom is 0.411 e. The molecule has 1 aromatic heterocycles. The van der Waals surface area contributed by atoms with E-state index in [1.165, 1.54) is 23.1 Å². The van der Waals surface area contributed by atoms with Gasteiger partial charge in [0.05, 0.1) is 12.1 Å². The monoisotopic (exact) mass is 572 g/mol. The molecule has 41 heavy (non-hydrogen) atoms. The summed E-state index contributed by atoms with van der Waals surface area (Å²) in [6.45, 7) is 0.398. The third-order valence-electron chi connectivity index (χ3n) is 6.59. The van der Waals surface area contributed by atoms with E-state index >= 15 is 0 Å². The van der Waals surface area contributed by atoms with Crippen LogP contribution in [0.25, 0.3) is 0 Å². The molecule has 0 unspecified atom stereocenters. The number of cyclic esters (lactones) is 1. The number of nitrogens with zero attached hydrogens (tertiary/aromatic N) is 2. The molecule has 2 N–H and O–H groups in total. The third-order valence-corrected chi connectivity index (χ3v) is 6.83. The first-order valence-corrected chi connectivity index (χ1v) is 13.3. The molecule has 1 fully saturated rings. The van der Waals surface area contributed by atoms with Crippen molar-refractivity contribution in [2.75, 3.05) is 11.9 Å². The Balaban J connectivity index is 1.39. The number of ether oxygens (including phenoxy) is 1. The van der Waals surface area contributed by atoms with Gasteiger partial charge < -0.3 is 15.4 Å². The Morgan fingerprint density at radius 3 is 2.56 bits per heavy atom. The first-order chi connectivity index (χ1) is 19.9. The van der Waals surface area contributed by atoms with Crippen molar-refractivity contribution in [1.29, 1.82) is 0 Å². The van der Waals surface area contributed by atoms with Gasteiger partial charge in [-0.1, -0.05) is 54.1 Å². The van der Waals surface area contributed by atoms with Crippen molar-refractivity contribution in [3.63, 3.8) is 0 Å². The second kappa shape index (κ2) is 12.6. The lowest BCUT2D eigenvalue weighted by molar-refractivity contribution is -0.126. The number of anilines is 1. The molecule has 3 aromatic carbocycles. The van der Waals surface area contributed by atoms with E-state index in [9.17, 15) is 18.8 Å². The summed E-state index contributed by atoms with van der Waals surface area (Å²) in [5.74, 6) is -1.68. The van der Waals surface area contributed by atoms with Gasteiger partial charge in [0.2, 0.25) is 5.91 Å². The highest BCUT2D eigenvalue weighted by Crippen LogP contribution is 2.35. The van der Waals surface area contributed by atoms with Gasteiger partial charge in [-0.2, -0.15) is 0 Å². The van der Waals surface area contributed by atoms with Gasteiger partial charge in [0.15, 0.2) is 12.1 Å². The zero-order valence-corrected chi connectivity index (χ0v) is 22.6. The second-order valence-corrected chi connectivity index (χ2v) is 9.86. The van der Waals surface area contributed by atoms with Crippen molar-refractivity contribution >= 4 is 35.2 Å². The fourth-order valence-electron chi connectivity index (χ4n) is 4.64. The molecule has 1 aliphatic heterocycles. The van der Waals surface area contributed by atoms with Gasteiger partial charge in [0.1, 0.15) is 5.82 Å². The predicted octanol–water partition coefficient (Wildman–Crippen LogP) is 5.55. The molecule has 0 aliphatic carbocycles. The van der Waals surface area contributed by atoms with Crippen LogP contribution in [0.15, 0.2) is 97.2 Å². The highest BCUT2D eigenvalue weighted by Gasteiger charge is 2.47. The van der Waals surface area contributed by atoms with Gasteiger partial charge in [0.25, 0.3) is 5.91 Å². The number of carbonyl (C=O) groups excluding carboxylic acids is 3. The van der Waals surface area contributed by atoms with Crippen LogP contribution in [0.5, 0.6) is 0 Å². The van der Waals surface area contributed by atoms with Crippen LogP contribution in [0.4, 0.5) is 14.9 Å². The minimum Gasteiger partial charge on any atom is -0.438 e. The quantitative estimate of drug-likeness (QED) is 0.274. The molecule has 4 aromatic rings. The zero-order valence-electron chi connectivity index (χ0n) is 21.8. The largest absolute Gasteiger partial charge is 0.438 e. The van der Waals surface area contributed by atoms with Crippen molar-refractivity contribution in [2.45, 2.75) is 25.1 Å². The number of carbonyl (C=O) groups is 3. The fourth-order valence-corrected chi connectivity index (χ4v) is 4.86. The SMILES string of the molecule is O=C(Nc1cccc([C@H]2OC(=O)N(Cc3cccc(Cl)c3)[C@@H]2C(=O)NCCc2ccccn2)c1)c1ccccc1F. The van der Waals surface area contributed by atoms with E-state index in [-0.39, 0.29) is 12.1 Å². The first-order valence-electron chi connectivity index (χ1n) is 12.9. The summed E-state index contributed by atoms with van der Waals surface area (Å²) in [6, 6.07) is 23.8. The molecule has 2 heterocycles. The van der Waals surface area contributed by atoms with Crippen molar-refractivity contribution in [3.05, 3.63) is 130 Å². The Kier molecular flexibility index (Phi) is 8.55. The van der Waals surface area contributed by atoms with Crippen molar-refractivity contribution in [2.24, 2.45) is 0 Å². The number of nitrogens with one attached hydrogen (secondary N) is 2. The minimum atomic E-state index is -1.01. The summed E-state index contributed by atoms with van der Waals surface area (Å²) >= 11 is 6.15. The van der Waals surface area contributed by atoms with Crippen LogP contribution in [0, 0.1) is 5.82 Å². The second-order valence-electron chi connectivity index (χ2n) is 9.43. The van der Waals surface area contributed by atoms with Crippen LogP contribution in [-0.4, -0.2) is 40.4 Å². The van der Waals surface area contributed by atoms with E-state index in [4.69, 9.17) is 16.3 Å². The van der Waals surface area contributed by atoms with Crippen LogP contribution in [0.3, 0.4) is 0 Å². The molecule has 8 nitrogen and oxygen atoms in total. The summed E-state index contributed by atoms with van der Waals surface area (Å²) in [7, 11) is 0. The van der Waals surface area contributed by atoms with Gasteiger partial charge in [-0.15, -0.1) is 0 Å². The number of rotatable bonds is 9. The lowest BCUT2D eigenvalue weighted by Crippen LogP contribution is -2.46. The molecule has 5 rings (SSSR count). The molecule has 10 heteroatoms. The van der Waals surface area contributed by atoms with Gasteiger partial charge >= 0.3 is 6.09 Å². The molecule has 1 saturated heterocycles. The molecule has 3 amide bonds. The number of amides is 3. The van der Waals surface area contributed by atoms with Crippen LogP contribution in [-0.2, 0) is 22.5 Å². The molecule has 1 aliphatic rings. The number of halogens is 2. The van der Waals surface area contributed by atoms with E-state index in [0.717, 1.165) is 11.3 Å². The molecule has 0 spiro atoms. The molecule has 0 radical (unpaired) electrons. The van der Waals surface area contributed by atoms with Crippen molar-refractivity contribution in [3.8, 4) is 0 Å². The Labute approximate surface area is 241 Å². The van der Waals surface area contributed by atoms with E-state index in [1.54, 1.807) is 60.8 Å². The molecule has 0 bridgehead atoms. The number of aromatic nitrogens is 1. The van der Waals surface area contributed by atoms with Crippen LogP contribution < -0.4 is 10.6 Å². The smallest absolute Gasteiger partial charge is 0.411 e. The van der Waals surface area contributed by atoms with Crippen LogP contribution >= 0.6 is 11.6 Å². The highest BCUT2D eigenvalue weighted by atomic mass is 35.5. The van der Waals surface area contributed by atoms with Gasteiger partial charge in [0, 0.05) is 35.6 Å². The standard InChI is InChI=1S/C31H26ClFN4O4/c32-22-9-5-7-20(17-22)19-37-27(30(39)35-16-14-23-10-3-4-15-34-23)28(41-31(37)40)21-8-6-11-24(18-21)36-29(38)25-12-1-2-13-26(25)33/h1-13,15,17-18,27-28H,14,16,19H2,(H,35,39)(H,36,38)/t27-,28+/m0/s1. The van der Waals surface area contributed by atoms with E-state index in [1.807, 2.05) is 18.2 Å². The maximum atomic E-state index is 14.1. The molecular formula is C31H26ClFN4O4. The molecular weight excluding hydrogens is 547 g/mol. The van der Waals surface area contributed by atoms with E-state index in [2.05, 4.69) is 15.6 Å². The number of hydrogen-bond donors (Lipinski definition) is 2. The summed E-state index contributed by atoms with van der Waals surface area (Å²) in [6.07, 6.45) is 0.550. The lowest BCUT2D eigenvalue weighted by Gasteiger charge is -2.24.